The summed E-state index contributed by atoms with van der Waals surface area (Å²) in [5, 5.41) is 7.86. The maximum Gasteiger partial charge on any atom is 0.0693 e. The largest absolute Gasteiger partial charge is 0.310 e. The van der Waals surface area contributed by atoms with E-state index in [2.05, 4.69) is 58.4 Å². The number of hydrogen-bond acceptors (Lipinski definition) is 2. The highest BCUT2D eigenvalue weighted by molar-refractivity contribution is 9.10. The third-order valence-electron chi connectivity index (χ3n) is 2.90. The summed E-state index contributed by atoms with van der Waals surface area (Å²) in [6.07, 6.45) is 4.92. The maximum atomic E-state index is 4.35. The van der Waals surface area contributed by atoms with Crippen LogP contribution in [0, 0.1) is 0 Å². The van der Waals surface area contributed by atoms with Crippen LogP contribution in [-0.4, -0.2) is 16.3 Å². The average molecular weight is 308 g/mol. The zero-order chi connectivity index (χ0) is 13.0. The number of rotatable bonds is 5. The van der Waals surface area contributed by atoms with Gasteiger partial charge in [0.1, 0.15) is 0 Å². The van der Waals surface area contributed by atoms with Gasteiger partial charge in [-0.3, -0.25) is 0 Å². The van der Waals surface area contributed by atoms with Crippen LogP contribution in [0.4, 0.5) is 0 Å². The lowest BCUT2D eigenvalue weighted by molar-refractivity contribution is 0.567. The third kappa shape index (κ3) is 3.00. The van der Waals surface area contributed by atoms with Gasteiger partial charge in [-0.1, -0.05) is 25.1 Å². The number of para-hydroxylation sites is 1. The van der Waals surface area contributed by atoms with Crippen molar-refractivity contribution >= 4 is 15.9 Å². The molecule has 0 radical (unpaired) electrons. The van der Waals surface area contributed by atoms with E-state index in [-0.39, 0.29) is 0 Å². The Kier molecular flexibility index (Phi) is 4.55. The minimum Gasteiger partial charge on any atom is -0.310 e. The lowest BCUT2D eigenvalue weighted by Gasteiger charge is -2.17. The Bertz CT molecular complexity index is 507. The van der Waals surface area contributed by atoms with Crippen LogP contribution in [0.1, 0.15) is 31.9 Å². The molecule has 0 aliphatic carbocycles. The molecule has 0 saturated heterocycles. The van der Waals surface area contributed by atoms with Gasteiger partial charge in [0.15, 0.2) is 0 Å². The molecule has 1 aromatic heterocycles. The van der Waals surface area contributed by atoms with Crippen LogP contribution in [0.5, 0.6) is 0 Å². The fourth-order valence-corrected chi connectivity index (χ4v) is 2.25. The van der Waals surface area contributed by atoms with Crippen molar-refractivity contribution in [1.82, 2.24) is 15.1 Å². The molecule has 1 atom stereocenters. The Balaban J connectivity index is 2.30. The van der Waals surface area contributed by atoms with E-state index in [1.807, 2.05) is 16.9 Å². The van der Waals surface area contributed by atoms with E-state index in [1.54, 1.807) is 6.20 Å². The molecule has 0 amide bonds. The first-order valence-electron chi connectivity index (χ1n) is 6.25. The summed E-state index contributed by atoms with van der Waals surface area (Å²) in [6.45, 7) is 5.39. The molecule has 1 heterocycles. The second-order valence-corrected chi connectivity index (χ2v) is 5.25. The monoisotopic (exact) mass is 307 g/mol. The Morgan fingerprint density at radius 2 is 2.17 bits per heavy atom. The van der Waals surface area contributed by atoms with E-state index in [4.69, 9.17) is 0 Å². The van der Waals surface area contributed by atoms with Crippen molar-refractivity contribution in [3.63, 3.8) is 0 Å². The van der Waals surface area contributed by atoms with E-state index in [0.717, 1.165) is 23.1 Å². The van der Waals surface area contributed by atoms with E-state index >= 15 is 0 Å². The first-order chi connectivity index (χ1) is 8.72. The summed E-state index contributed by atoms with van der Waals surface area (Å²) in [7, 11) is 0. The topological polar surface area (TPSA) is 29.9 Å². The highest BCUT2D eigenvalue weighted by atomic mass is 79.9. The van der Waals surface area contributed by atoms with E-state index in [1.165, 1.54) is 5.56 Å². The van der Waals surface area contributed by atoms with Crippen LogP contribution in [0.2, 0.25) is 0 Å². The summed E-state index contributed by atoms with van der Waals surface area (Å²) in [6, 6.07) is 8.68. The summed E-state index contributed by atoms with van der Waals surface area (Å²) >= 11 is 3.43. The van der Waals surface area contributed by atoms with Gasteiger partial charge in [-0.15, -0.1) is 0 Å². The number of hydrogen-bond donors (Lipinski definition) is 1. The molecule has 0 bridgehead atoms. The molecule has 0 aliphatic heterocycles. The van der Waals surface area contributed by atoms with Crippen molar-refractivity contribution < 1.29 is 0 Å². The summed E-state index contributed by atoms with van der Waals surface area (Å²) in [5.74, 6) is 0. The molecular formula is C14H18BrN3. The second-order valence-electron chi connectivity index (χ2n) is 4.34. The minimum atomic E-state index is 0.323. The molecule has 2 rings (SSSR count). The zero-order valence-electron chi connectivity index (χ0n) is 10.7. The molecule has 0 saturated carbocycles. The number of nitrogens with one attached hydrogen (secondary N) is 1. The lowest BCUT2D eigenvalue weighted by atomic mass is 10.1. The van der Waals surface area contributed by atoms with Crippen molar-refractivity contribution in [1.29, 1.82) is 0 Å². The highest BCUT2D eigenvalue weighted by Gasteiger charge is 2.11. The van der Waals surface area contributed by atoms with Crippen molar-refractivity contribution in [3.05, 3.63) is 46.7 Å². The Labute approximate surface area is 116 Å². The molecule has 0 spiro atoms. The molecule has 1 N–H and O–H groups in total. The smallest absolute Gasteiger partial charge is 0.0693 e. The number of aromatic nitrogens is 2. The van der Waals surface area contributed by atoms with Gasteiger partial charge in [0.05, 0.1) is 16.4 Å². The Morgan fingerprint density at radius 1 is 1.39 bits per heavy atom. The number of nitrogens with zero attached hydrogens (tertiary/aromatic N) is 2. The van der Waals surface area contributed by atoms with Crippen LogP contribution in [-0.2, 0) is 0 Å². The summed E-state index contributed by atoms with van der Waals surface area (Å²) in [4.78, 5) is 0. The third-order valence-corrected chi connectivity index (χ3v) is 3.31. The maximum absolute atomic E-state index is 4.35. The molecule has 1 aromatic carbocycles. The molecule has 18 heavy (non-hydrogen) atoms. The van der Waals surface area contributed by atoms with Gasteiger partial charge in [0.25, 0.3) is 0 Å². The van der Waals surface area contributed by atoms with Gasteiger partial charge in [-0.05, 0) is 47.4 Å². The predicted molar refractivity (Wildman–Crippen MR) is 78.0 cm³/mol. The molecule has 1 unspecified atom stereocenters. The van der Waals surface area contributed by atoms with Crippen molar-refractivity contribution in [2.24, 2.45) is 0 Å². The SMILES string of the molecule is CCCNC(C)c1ccccc1-n1cc(Br)cn1. The summed E-state index contributed by atoms with van der Waals surface area (Å²) < 4.78 is 2.90. The van der Waals surface area contributed by atoms with Gasteiger partial charge in [-0.2, -0.15) is 5.10 Å². The van der Waals surface area contributed by atoms with Crippen molar-refractivity contribution in [2.75, 3.05) is 6.54 Å². The zero-order valence-corrected chi connectivity index (χ0v) is 12.3. The fourth-order valence-electron chi connectivity index (χ4n) is 1.97. The Morgan fingerprint density at radius 3 is 2.83 bits per heavy atom. The van der Waals surface area contributed by atoms with Crippen LogP contribution >= 0.6 is 15.9 Å². The molecule has 3 nitrogen and oxygen atoms in total. The van der Waals surface area contributed by atoms with Gasteiger partial charge < -0.3 is 5.32 Å². The lowest BCUT2D eigenvalue weighted by Crippen LogP contribution is -2.20. The van der Waals surface area contributed by atoms with Gasteiger partial charge >= 0.3 is 0 Å². The molecule has 2 aromatic rings. The van der Waals surface area contributed by atoms with Gasteiger partial charge in [0.2, 0.25) is 0 Å². The van der Waals surface area contributed by atoms with Crippen LogP contribution in [0.25, 0.3) is 5.69 Å². The van der Waals surface area contributed by atoms with Gasteiger partial charge in [0, 0.05) is 12.2 Å². The van der Waals surface area contributed by atoms with Crippen LogP contribution in [0.3, 0.4) is 0 Å². The first-order valence-corrected chi connectivity index (χ1v) is 7.04. The number of benzene rings is 1. The van der Waals surface area contributed by atoms with Crippen LogP contribution < -0.4 is 5.32 Å². The quantitative estimate of drug-likeness (QED) is 0.913. The van der Waals surface area contributed by atoms with Crippen molar-refractivity contribution in [3.8, 4) is 5.69 Å². The highest BCUT2D eigenvalue weighted by Crippen LogP contribution is 2.22. The molecule has 96 valence electrons. The molecule has 4 heteroatoms. The summed E-state index contributed by atoms with van der Waals surface area (Å²) in [5.41, 5.74) is 2.39. The number of halogens is 1. The average Bonchev–Trinajstić information content (AvgIpc) is 2.82. The molecule has 0 aliphatic rings. The molecular weight excluding hydrogens is 290 g/mol. The van der Waals surface area contributed by atoms with E-state index in [9.17, 15) is 0 Å². The fraction of sp³-hybridized carbons (Fsp3) is 0.357. The second kappa shape index (κ2) is 6.16. The van der Waals surface area contributed by atoms with E-state index in [0.29, 0.717) is 6.04 Å². The predicted octanol–water partition coefficient (Wildman–Crippen LogP) is 3.70. The first kappa shape index (κ1) is 13.3. The Hall–Kier alpha value is -1.13. The molecule has 0 fully saturated rings. The standard InChI is InChI=1S/C14H18BrN3/c1-3-8-16-11(2)13-6-4-5-7-14(13)18-10-12(15)9-17-18/h4-7,9-11,16H,3,8H2,1-2H3. The minimum absolute atomic E-state index is 0.323. The van der Waals surface area contributed by atoms with E-state index < -0.39 is 0 Å². The normalized spacial score (nSPS) is 12.6. The van der Waals surface area contributed by atoms with Gasteiger partial charge in [-0.25, -0.2) is 4.68 Å². The van der Waals surface area contributed by atoms with Crippen molar-refractivity contribution in [2.45, 2.75) is 26.3 Å². The van der Waals surface area contributed by atoms with Crippen LogP contribution in [0.15, 0.2) is 41.1 Å².